The fraction of sp³-hybridized carbons (Fsp3) is 0. The molecule has 76 valence electrons. The molecule has 15 heavy (non-hydrogen) atoms. The molecule has 0 atom stereocenters. The van der Waals surface area contributed by atoms with Crippen LogP contribution in [0.5, 0.6) is 0 Å². The van der Waals surface area contributed by atoms with Crippen LogP contribution in [0.2, 0.25) is 0 Å². The Hall–Kier alpha value is -2.02. The quantitative estimate of drug-likeness (QED) is 0.736. The Labute approximate surface area is 90.9 Å². The van der Waals surface area contributed by atoms with Crippen molar-refractivity contribution < 1.29 is 0 Å². The molecule has 1 nitrogen and oxygen atoms in total. The van der Waals surface area contributed by atoms with E-state index in [-0.39, 0.29) is 0 Å². The minimum absolute atomic E-state index is 0.645. The second-order valence-electron chi connectivity index (χ2n) is 3.12. The molecule has 0 amide bonds. The van der Waals surface area contributed by atoms with E-state index >= 15 is 0 Å². The predicted molar refractivity (Wildman–Crippen MR) is 67.1 cm³/mol. The lowest BCUT2D eigenvalue weighted by atomic mass is 10.1. The lowest BCUT2D eigenvalue weighted by Gasteiger charge is -1.98. The van der Waals surface area contributed by atoms with Crippen molar-refractivity contribution >= 4 is 5.57 Å². The molecular weight excluding hydrogens is 182 g/mol. The topological polar surface area (TPSA) is 26.0 Å². The zero-order chi connectivity index (χ0) is 11.1. The summed E-state index contributed by atoms with van der Waals surface area (Å²) in [5.41, 5.74) is 8.28. The van der Waals surface area contributed by atoms with Gasteiger partial charge in [-0.2, -0.15) is 0 Å². The Morgan fingerprint density at radius 1 is 1.20 bits per heavy atom. The van der Waals surface area contributed by atoms with Crippen molar-refractivity contribution in [3.8, 4) is 0 Å². The van der Waals surface area contributed by atoms with Crippen LogP contribution >= 0.6 is 0 Å². The van der Waals surface area contributed by atoms with Gasteiger partial charge in [0.25, 0.3) is 0 Å². The maximum absolute atomic E-state index is 5.56. The van der Waals surface area contributed by atoms with E-state index in [1.54, 1.807) is 12.2 Å². The first-order valence-corrected chi connectivity index (χ1v) is 4.74. The third-order valence-corrected chi connectivity index (χ3v) is 1.97. The molecule has 0 unspecified atom stereocenters. The van der Waals surface area contributed by atoms with Gasteiger partial charge in [-0.25, -0.2) is 0 Å². The first-order chi connectivity index (χ1) is 7.24. The molecule has 0 heterocycles. The van der Waals surface area contributed by atoms with Gasteiger partial charge in [-0.15, -0.1) is 0 Å². The second kappa shape index (κ2) is 5.66. The Balaban J connectivity index is 2.69. The van der Waals surface area contributed by atoms with Crippen molar-refractivity contribution in [2.24, 2.45) is 5.73 Å². The summed E-state index contributed by atoms with van der Waals surface area (Å²) in [4.78, 5) is 0. The molecule has 1 aromatic rings. The largest absolute Gasteiger partial charge is 0.399 e. The van der Waals surface area contributed by atoms with Crippen LogP contribution < -0.4 is 5.73 Å². The first-order valence-electron chi connectivity index (χ1n) is 4.74. The number of allylic oxidation sites excluding steroid dienone is 5. The molecular formula is C14H15N. The van der Waals surface area contributed by atoms with E-state index in [1.807, 2.05) is 42.5 Å². The zero-order valence-electron chi connectivity index (χ0n) is 8.69. The van der Waals surface area contributed by atoms with Gasteiger partial charge in [0.15, 0.2) is 0 Å². The summed E-state index contributed by atoms with van der Waals surface area (Å²) in [6, 6.07) is 10.0. The van der Waals surface area contributed by atoms with E-state index in [2.05, 4.69) is 13.2 Å². The van der Waals surface area contributed by atoms with Gasteiger partial charge in [0, 0.05) is 5.70 Å². The molecule has 0 radical (unpaired) electrons. The van der Waals surface area contributed by atoms with Gasteiger partial charge in [0.2, 0.25) is 0 Å². The van der Waals surface area contributed by atoms with Crippen LogP contribution in [-0.4, -0.2) is 0 Å². The molecule has 0 aliphatic heterocycles. The van der Waals surface area contributed by atoms with Gasteiger partial charge >= 0.3 is 0 Å². The van der Waals surface area contributed by atoms with Gasteiger partial charge in [-0.05, 0) is 23.3 Å². The number of rotatable bonds is 4. The third-order valence-electron chi connectivity index (χ3n) is 1.97. The minimum Gasteiger partial charge on any atom is -0.399 e. The van der Waals surface area contributed by atoms with Crippen molar-refractivity contribution in [3.63, 3.8) is 0 Å². The van der Waals surface area contributed by atoms with E-state index < -0.39 is 0 Å². The highest BCUT2D eigenvalue weighted by Gasteiger charge is 1.90. The Bertz CT molecular complexity index is 397. The van der Waals surface area contributed by atoms with E-state index in [9.17, 15) is 0 Å². The van der Waals surface area contributed by atoms with E-state index in [0.29, 0.717) is 5.70 Å². The summed E-state index contributed by atoms with van der Waals surface area (Å²) < 4.78 is 0. The number of nitrogens with two attached hydrogens (primary N) is 1. The molecule has 1 rings (SSSR count). The summed E-state index contributed by atoms with van der Waals surface area (Å²) in [5, 5.41) is 0. The van der Waals surface area contributed by atoms with Crippen molar-refractivity contribution in [1.29, 1.82) is 0 Å². The Kier molecular flexibility index (Phi) is 4.17. The van der Waals surface area contributed by atoms with E-state index in [0.717, 1.165) is 11.1 Å². The second-order valence-corrected chi connectivity index (χ2v) is 3.12. The molecule has 0 spiro atoms. The highest BCUT2D eigenvalue weighted by molar-refractivity contribution is 5.72. The SMILES string of the molecule is C=C/C(N)=C/C=C\C(=C)c1ccccc1. The summed E-state index contributed by atoms with van der Waals surface area (Å²) in [7, 11) is 0. The van der Waals surface area contributed by atoms with Crippen molar-refractivity contribution in [3.05, 3.63) is 79.1 Å². The third kappa shape index (κ3) is 3.69. The van der Waals surface area contributed by atoms with Crippen LogP contribution in [0.3, 0.4) is 0 Å². The monoisotopic (exact) mass is 197 g/mol. The molecule has 1 heteroatoms. The van der Waals surface area contributed by atoms with Crippen LogP contribution in [-0.2, 0) is 0 Å². The highest BCUT2D eigenvalue weighted by atomic mass is 14.5. The molecule has 0 saturated carbocycles. The molecule has 2 N–H and O–H groups in total. The smallest absolute Gasteiger partial charge is 0.0308 e. The maximum atomic E-state index is 5.56. The van der Waals surface area contributed by atoms with Gasteiger partial charge in [0.05, 0.1) is 0 Å². The van der Waals surface area contributed by atoms with Crippen LogP contribution in [0, 0.1) is 0 Å². The Morgan fingerprint density at radius 2 is 1.87 bits per heavy atom. The van der Waals surface area contributed by atoms with E-state index in [1.165, 1.54) is 0 Å². The highest BCUT2D eigenvalue weighted by Crippen LogP contribution is 2.12. The fourth-order valence-corrected chi connectivity index (χ4v) is 1.09. The van der Waals surface area contributed by atoms with Gasteiger partial charge < -0.3 is 5.73 Å². The maximum Gasteiger partial charge on any atom is 0.0308 e. The van der Waals surface area contributed by atoms with Crippen LogP contribution in [0.15, 0.2) is 73.5 Å². The van der Waals surface area contributed by atoms with Gasteiger partial charge in [-0.1, -0.05) is 55.6 Å². The minimum atomic E-state index is 0.645. The lowest BCUT2D eigenvalue weighted by Crippen LogP contribution is -1.89. The first kappa shape index (κ1) is 11.1. The van der Waals surface area contributed by atoms with Gasteiger partial charge in [0.1, 0.15) is 0 Å². The number of hydrogen-bond acceptors (Lipinski definition) is 1. The molecule has 0 aromatic heterocycles. The van der Waals surface area contributed by atoms with Crippen LogP contribution in [0.4, 0.5) is 0 Å². The van der Waals surface area contributed by atoms with Crippen molar-refractivity contribution in [1.82, 2.24) is 0 Å². The Morgan fingerprint density at radius 3 is 2.47 bits per heavy atom. The standard InChI is InChI=1S/C14H15N/c1-3-14(15)11-7-8-12(2)13-9-5-4-6-10-13/h3-11H,1-2,15H2/b8-7-,14-11-. The molecule has 1 aromatic carbocycles. The average molecular weight is 197 g/mol. The summed E-state index contributed by atoms with van der Waals surface area (Å²) >= 11 is 0. The zero-order valence-corrected chi connectivity index (χ0v) is 8.69. The number of benzene rings is 1. The van der Waals surface area contributed by atoms with E-state index in [4.69, 9.17) is 5.73 Å². The molecule has 0 saturated heterocycles. The summed E-state index contributed by atoms with van der Waals surface area (Å²) in [6.45, 7) is 7.53. The molecule has 0 aliphatic carbocycles. The van der Waals surface area contributed by atoms with Gasteiger partial charge in [-0.3, -0.25) is 0 Å². The summed E-state index contributed by atoms with van der Waals surface area (Å²) in [5.74, 6) is 0. The molecule has 0 bridgehead atoms. The fourth-order valence-electron chi connectivity index (χ4n) is 1.09. The lowest BCUT2D eigenvalue weighted by molar-refractivity contribution is 1.43. The average Bonchev–Trinajstić information content (AvgIpc) is 2.29. The molecule has 0 fully saturated rings. The van der Waals surface area contributed by atoms with Crippen molar-refractivity contribution in [2.45, 2.75) is 0 Å². The predicted octanol–water partition coefficient (Wildman–Crippen LogP) is 3.28. The molecule has 0 aliphatic rings. The summed E-state index contributed by atoms with van der Waals surface area (Å²) in [6.07, 6.45) is 7.19. The van der Waals surface area contributed by atoms with Crippen molar-refractivity contribution in [2.75, 3.05) is 0 Å². The van der Waals surface area contributed by atoms with Crippen LogP contribution in [0.25, 0.3) is 5.57 Å². The number of hydrogen-bond donors (Lipinski definition) is 1. The normalized spacial score (nSPS) is 11.6. The van der Waals surface area contributed by atoms with Crippen LogP contribution in [0.1, 0.15) is 5.56 Å².